The van der Waals surface area contributed by atoms with Gasteiger partial charge in [-0.1, -0.05) is 25.4 Å². The molecule has 0 atom stereocenters. The predicted octanol–water partition coefficient (Wildman–Crippen LogP) is 3.90. The monoisotopic (exact) mass is 562 g/mol. The van der Waals surface area contributed by atoms with Gasteiger partial charge in [0.05, 0.1) is 11.8 Å². The summed E-state index contributed by atoms with van der Waals surface area (Å²) in [5.74, 6) is -5.56. The Hall–Kier alpha value is -2.75. The summed E-state index contributed by atoms with van der Waals surface area (Å²) in [6, 6.07) is 1.82. The third kappa shape index (κ3) is 10.1. The summed E-state index contributed by atoms with van der Waals surface area (Å²) >= 11 is 5.73. The largest absolute Gasteiger partial charge is 0.467 e. The lowest BCUT2D eigenvalue weighted by Crippen LogP contribution is -2.39. The Morgan fingerprint density at radius 3 is 2.19 bits per heavy atom. The van der Waals surface area contributed by atoms with Gasteiger partial charge in [-0.2, -0.15) is 25.9 Å². The maximum atomic E-state index is 14.3. The molecule has 36 heavy (non-hydrogen) atoms. The highest BCUT2D eigenvalue weighted by molar-refractivity contribution is 7.87. The number of amides is 1. The molecule has 1 aromatic heterocycles. The normalized spacial score (nSPS) is 11.5. The fraction of sp³-hybridized carbons (Fsp3) is 0.400. The summed E-state index contributed by atoms with van der Waals surface area (Å²) in [6.07, 6.45) is -3.78. The lowest BCUT2D eigenvalue weighted by molar-refractivity contribution is -0.154. The Morgan fingerprint density at radius 2 is 1.72 bits per heavy atom. The van der Waals surface area contributed by atoms with E-state index in [1.165, 1.54) is 4.72 Å². The maximum Gasteiger partial charge on any atom is 0.422 e. The number of alkyl halides is 3. The van der Waals surface area contributed by atoms with Crippen LogP contribution in [0.25, 0.3) is 0 Å². The first-order chi connectivity index (χ1) is 16.6. The summed E-state index contributed by atoms with van der Waals surface area (Å²) in [7, 11) is -2.02. The lowest BCUT2D eigenvalue weighted by Gasteiger charge is -2.14. The molecule has 0 aliphatic rings. The molecule has 1 heterocycles. The summed E-state index contributed by atoms with van der Waals surface area (Å²) in [6.45, 7) is 4.74. The van der Waals surface area contributed by atoms with E-state index in [-0.39, 0.29) is 5.75 Å². The Labute approximate surface area is 209 Å². The van der Waals surface area contributed by atoms with Gasteiger partial charge in [-0.05, 0) is 19.2 Å². The molecule has 16 heteroatoms. The minimum atomic E-state index is -4.62. The number of ether oxygens (including phenoxy) is 2. The molecule has 0 saturated carbocycles. The quantitative estimate of drug-likeness (QED) is 0.446. The van der Waals surface area contributed by atoms with Crippen molar-refractivity contribution in [2.75, 3.05) is 33.8 Å². The average Bonchev–Trinajstić information content (AvgIpc) is 2.75. The number of benzene rings is 1. The maximum absolute atomic E-state index is 14.3. The summed E-state index contributed by atoms with van der Waals surface area (Å²) in [5, 5.41) is 2.72. The number of nitrogens with zero attached hydrogens (tertiary/aromatic N) is 2. The third-order valence-electron chi connectivity index (χ3n) is 3.85. The molecule has 1 amide bonds. The van der Waals surface area contributed by atoms with E-state index in [1.54, 1.807) is 0 Å². The number of halogens is 6. The number of rotatable bonds is 9. The van der Waals surface area contributed by atoms with Crippen LogP contribution in [0.3, 0.4) is 0 Å². The van der Waals surface area contributed by atoms with Crippen molar-refractivity contribution in [3.63, 3.8) is 0 Å². The van der Waals surface area contributed by atoms with Crippen LogP contribution in [0.4, 0.5) is 22.0 Å². The first kappa shape index (κ1) is 31.3. The van der Waals surface area contributed by atoms with Crippen LogP contribution in [0, 0.1) is 11.6 Å². The van der Waals surface area contributed by atoms with Crippen molar-refractivity contribution in [1.82, 2.24) is 19.3 Å². The minimum Gasteiger partial charge on any atom is -0.467 e. The van der Waals surface area contributed by atoms with Crippen molar-refractivity contribution in [3.05, 3.63) is 46.6 Å². The van der Waals surface area contributed by atoms with Crippen molar-refractivity contribution in [2.45, 2.75) is 20.0 Å². The molecule has 0 spiro atoms. The van der Waals surface area contributed by atoms with Gasteiger partial charge in [-0.25, -0.2) is 18.5 Å². The zero-order chi connectivity index (χ0) is 27.7. The molecule has 0 bridgehead atoms. The van der Waals surface area contributed by atoms with Crippen LogP contribution in [0.5, 0.6) is 17.4 Å². The number of pyridine rings is 1. The van der Waals surface area contributed by atoms with E-state index in [9.17, 15) is 35.2 Å². The summed E-state index contributed by atoms with van der Waals surface area (Å²) in [4.78, 5) is 15.4. The second-order valence-electron chi connectivity index (χ2n) is 6.90. The van der Waals surface area contributed by atoms with E-state index in [2.05, 4.69) is 28.9 Å². The first-order valence-corrected chi connectivity index (χ1v) is 11.9. The van der Waals surface area contributed by atoms with Crippen molar-refractivity contribution >= 4 is 27.7 Å². The van der Waals surface area contributed by atoms with E-state index >= 15 is 0 Å². The molecule has 0 unspecified atom stereocenters. The molecule has 1 aromatic carbocycles. The highest BCUT2D eigenvalue weighted by Crippen LogP contribution is 2.32. The Kier molecular flexibility index (Phi) is 11.8. The average molecular weight is 563 g/mol. The second kappa shape index (κ2) is 13.5. The number of hydrogen-bond donors (Lipinski definition) is 2. The predicted molar refractivity (Wildman–Crippen MR) is 122 cm³/mol. The van der Waals surface area contributed by atoms with Crippen molar-refractivity contribution < 1.29 is 44.6 Å². The lowest BCUT2D eigenvalue weighted by atomic mass is 10.2. The number of carbonyl (C=O) groups excluding carboxylic acids is 1. The molecule has 0 radical (unpaired) electrons. The molecule has 2 aromatic rings. The molecule has 2 rings (SSSR count). The zero-order valence-corrected chi connectivity index (χ0v) is 21.1. The second-order valence-corrected chi connectivity index (χ2v) is 9.19. The highest BCUT2D eigenvalue weighted by atomic mass is 35.5. The van der Waals surface area contributed by atoms with Crippen molar-refractivity contribution in [3.8, 4) is 17.4 Å². The van der Waals surface area contributed by atoms with Crippen molar-refractivity contribution in [1.29, 1.82) is 0 Å². The Bertz CT molecular complexity index is 1150. The molecule has 0 saturated heterocycles. The topological polar surface area (TPSA) is 110 Å². The molecule has 0 aliphatic carbocycles. The summed E-state index contributed by atoms with van der Waals surface area (Å²) < 4.78 is 99.9. The smallest absolute Gasteiger partial charge is 0.422 e. The summed E-state index contributed by atoms with van der Waals surface area (Å²) in [5.41, 5.74) is -0.915. The Balaban J connectivity index is 0.00000118. The Morgan fingerprint density at radius 1 is 1.11 bits per heavy atom. The van der Waals surface area contributed by atoms with E-state index in [0.717, 1.165) is 39.4 Å². The fourth-order valence-corrected chi connectivity index (χ4v) is 2.88. The molecule has 202 valence electrons. The van der Waals surface area contributed by atoms with Crippen LogP contribution in [0.15, 0.2) is 24.4 Å². The number of nitrogens with one attached hydrogen (secondary N) is 2. The van der Waals surface area contributed by atoms with Gasteiger partial charge in [0.1, 0.15) is 16.6 Å². The van der Waals surface area contributed by atoms with Crippen LogP contribution in [-0.4, -0.2) is 63.6 Å². The van der Waals surface area contributed by atoms with Crippen LogP contribution in [0.2, 0.25) is 5.02 Å². The van der Waals surface area contributed by atoms with Crippen LogP contribution < -0.4 is 19.5 Å². The SMILES string of the molecule is CCNCC.CN(C)S(=O)(=O)NC(=O)c1cc(F)c(Oc2cnc(OCC(F)(F)F)c(Cl)c2)cc1F. The van der Waals surface area contributed by atoms with Crippen LogP contribution in [0.1, 0.15) is 24.2 Å². The van der Waals surface area contributed by atoms with Crippen LogP contribution >= 0.6 is 11.6 Å². The number of carbonyl (C=O) groups is 1. The van der Waals surface area contributed by atoms with Gasteiger partial charge in [0.15, 0.2) is 18.2 Å². The van der Waals surface area contributed by atoms with Crippen LogP contribution in [-0.2, 0) is 10.2 Å². The molecule has 0 aliphatic heterocycles. The first-order valence-electron chi connectivity index (χ1n) is 10.1. The number of hydrogen-bond acceptors (Lipinski definition) is 7. The molecule has 2 N–H and O–H groups in total. The number of aromatic nitrogens is 1. The van der Waals surface area contributed by atoms with Gasteiger partial charge >= 0.3 is 16.4 Å². The van der Waals surface area contributed by atoms with Gasteiger partial charge < -0.3 is 14.8 Å². The van der Waals surface area contributed by atoms with E-state index in [1.807, 2.05) is 0 Å². The minimum absolute atomic E-state index is 0.282. The van der Waals surface area contributed by atoms with E-state index < -0.39 is 62.7 Å². The van der Waals surface area contributed by atoms with Gasteiger partial charge in [0, 0.05) is 26.2 Å². The standard InChI is InChI=1S/C16H13ClF5N3O5S.C4H11N/c1-25(2)31(27,28)24-14(26)9-4-12(19)13(5-11(9)18)30-8-3-10(17)15(23-6-8)29-7-16(20,21)22;1-3-5-4-2/h3-6H,7H2,1-2H3,(H,24,26);5H,3-4H2,1-2H3. The highest BCUT2D eigenvalue weighted by Gasteiger charge is 2.29. The van der Waals surface area contributed by atoms with Gasteiger partial charge in [0.2, 0.25) is 5.88 Å². The molecule has 0 fully saturated rings. The molecular formula is C20H24ClF5N4O5S. The molecular weight excluding hydrogens is 539 g/mol. The molecule has 9 nitrogen and oxygen atoms in total. The third-order valence-corrected chi connectivity index (χ3v) is 5.53. The van der Waals surface area contributed by atoms with Gasteiger partial charge in [0.25, 0.3) is 5.91 Å². The van der Waals surface area contributed by atoms with Gasteiger partial charge in [-0.15, -0.1) is 0 Å². The van der Waals surface area contributed by atoms with E-state index in [0.29, 0.717) is 16.4 Å². The van der Waals surface area contributed by atoms with E-state index in [4.69, 9.17) is 16.3 Å². The van der Waals surface area contributed by atoms with Crippen molar-refractivity contribution in [2.24, 2.45) is 0 Å². The van der Waals surface area contributed by atoms with Gasteiger partial charge in [-0.3, -0.25) is 4.79 Å². The zero-order valence-electron chi connectivity index (χ0n) is 19.5. The fourth-order valence-electron chi connectivity index (χ4n) is 2.14.